The molecule has 1 aliphatic rings. The van der Waals surface area contributed by atoms with E-state index in [0.29, 0.717) is 13.1 Å². The van der Waals surface area contributed by atoms with Crippen LogP contribution in [0.2, 0.25) is 0 Å². The zero-order chi connectivity index (χ0) is 13.1. The third kappa shape index (κ3) is 2.60. The Balaban J connectivity index is 2.25. The van der Waals surface area contributed by atoms with Crippen LogP contribution in [0.4, 0.5) is 10.2 Å². The van der Waals surface area contributed by atoms with Gasteiger partial charge in [0, 0.05) is 24.8 Å². The number of hydrogen-bond acceptors (Lipinski definition) is 5. The van der Waals surface area contributed by atoms with Gasteiger partial charge >= 0.3 is 0 Å². The first-order chi connectivity index (χ1) is 8.65. The van der Waals surface area contributed by atoms with Gasteiger partial charge in [-0.3, -0.25) is 0 Å². The Morgan fingerprint density at radius 3 is 2.94 bits per heavy atom. The molecule has 1 aromatic heterocycles. The first-order valence-corrected chi connectivity index (χ1v) is 5.91. The second-order valence-electron chi connectivity index (χ2n) is 4.42. The Morgan fingerprint density at radius 2 is 2.28 bits per heavy atom. The van der Waals surface area contributed by atoms with Crippen molar-refractivity contribution in [2.45, 2.75) is 25.7 Å². The lowest BCUT2D eigenvalue weighted by atomic mass is 10.2. The number of rotatable bonds is 3. The number of nitrogens with zero attached hydrogens (tertiary/aromatic N) is 2. The van der Waals surface area contributed by atoms with E-state index in [1.165, 1.54) is 12.3 Å². The molecular weight excluding hydrogens is 239 g/mol. The highest BCUT2D eigenvalue weighted by Gasteiger charge is 2.27. The van der Waals surface area contributed by atoms with Crippen molar-refractivity contribution in [3.8, 4) is 0 Å². The van der Waals surface area contributed by atoms with Crippen LogP contribution in [-0.2, 0) is 11.3 Å². The average Bonchev–Trinajstić information content (AvgIpc) is 2.38. The number of aliphatic hydroxyl groups excluding tert-OH is 2. The molecule has 2 heterocycles. The summed E-state index contributed by atoms with van der Waals surface area (Å²) >= 11 is 0. The Labute approximate surface area is 105 Å². The summed E-state index contributed by atoms with van der Waals surface area (Å²) in [5.41, 5.74) is 0.222. The standard InChI is InChI=1S/C12H17FN2O3/c1-8-4-15(5-10(7-17)18-8)12-11(13)9(6-16)2-3-14-12/h2-3,8,10,16-17H,4-7H2,1H3. The molecule has 2 atom stereocenters. The summed E-state index contributed by atoms with van der Waals surface area (Å²) in [6, 6.07) is 1.45. The summed E-state index contributed by atoms with van der Waals surface area (Å²) in [4.78, 5) is 5.76. The van der Waals surface area contributed by atoms with E-state index in [-0.39, 0.29) is 36.8 Å². The lowest BCUT2D eigenvalue weighted by Crippen LogP contribution is -2.48. The molecule has 1 aromatic rings. The SMILES string of the molecule is CC1CN(c2nccc(CO)c2F)CC(CO)O1. The second kappa shape index (κ2) is 5.60. The van der Waals surface area contributed by atoms with E-state index >= 15 is 0 Å². The predicted octanol–water partition coefficient (Wildman–Crippen LogP) is 0.299. The largest absolute Gasteiger partial charge is 0.394 e. The van der Waals surface area contributed by atoms with Crippen molar-refractivity contribution in [2.24, 2.45) is 0 Å². The molecule has 1 saturated heterocycles. The highest BCUT2D eigenvalue weighted by molar-refractivity contribution is 5.43. The van der Waals surface area contributed by atoms with Crippen LogP contribution >= 0.6 is 0 Å². The van der Waals surface area contributed by atoms with E-state index in [1.807, 2.05) is 6.92 Å². The third-order valence-corrected chi connectivity index (χ3v) is 2.95. The Bertz CT molecular complexity index is 416. The average molecular weight is 256 g/mol. The van der Waals surface area contributed by atoms with E-state index in [0.717, 1.165) is 0 Å². The highest BCUT2D eigenvalue weighted by Crippen LogP contribution is 2.23. The molecule has 1 fully saturated rings. The molecule has 18 heavy (non-hydrogen) atoms. The van der Waals surface area contributed by atoms with Gasteiger partial charge in [0.2, 0.25) is 0 Å². The Morgan fingerprint density at radius 1 is 1.50 bits per heavy atom. The number of aliphatic hydroxyl groups is 2. The lowest BCUT2D eigenvalue weighted by molar-refractivity contribution is -0.0424. The van der Waals surface area contributed by atoms with Crippen LogP contribution in [0.25, 0.3) is 0 Å². The minimum atomic E-state index is -0.509. The molecule has 2 unspecified atom stereocenters. The molecule has 2 rings (SSSR count). The molecule has 6 heteroatoms. The van der Waals surface area contributed by atoms with Crippen LogP contribution in [0.3, 0.4) is 0 Å². The summed E-state index contributed by atoms with van der Waals surface area (Å²) in [5.74, 6) is -0.305. The maximum Gasteiger partial charge on any atom is 0.171 e. The molecule has 0 saturated carbocycles. The first kappa shape index (κ1) is 13.2. The molecule has 0 radical (unpaired) electrons. The molecule has 1 aliphatic heterocycles. The fraction of sp³-hybridized carbons (Fsp3) is 0.583. The summed E-state index contributed by atoms with van der Waals surface area (Å²) in [7, 11) is 0. The molecule has 0 bridgehead atoms. The predicted molar refractivity (Wildman–Crippen MR) is 63.8 cm³/mol. The number of hydrogen-bond donors (Lipinski definition) is 2. The molecule has 0 spiro atoms. The zero-order valence-electron chi connectivity index (χ0n) is 10.2. The van der Waals surface area contributed by atoms with Crippen molar-refractivity contribution in [3.05, 3.63) is 23.6 Å². The van der Waals surface area contributed by atoms with Crippen molar-refractivity contribution in [1.82, 2.24) is 4.98 Å². The van der Waals surface area contributed by atoms with E-state index < -0.39 is 5.82 Å². The monoisotopic (exact) mass is 256 g/mol. The lowest BCUT2D eigenvalue weighted by Gasteiger charge is -2.37. The maximum atomic E-state index is 14.0. The van der Waals surface area contributed by atoms with Gasteiger partial charge in [-0.25, -0.2) is 9.37 Å². The number of aromatic nitrogens is 1. The number of anilines is 1. The molecule has 0 amide bonds. The van der Waals surface area contributed by atoms with E-state index in [4.69, 9.17) is 14.9 Å². The van der Waals surface area contributed by atoms with Crippen molar-refractivity contribution < 1.29 is 19.3 Å². The van der Waals surface area contributed by atoms with Gasteiger partial charge in [0.1, 0.15) is 0 Å². The van der Waals surface area contributed by atoms with Crippen molar-refractivity contribution in [1.29, 1.82) is 0 Å². The normalized spacial score (nSPS) is 24.3. The summed E-state index contributed by atoms with van der Waals surface area (Å²) in [6.07, 6.45) is 1.03. The van der Waals surface area contributed by atoms with Gasteiger partial charge in [0.25, 0.3) is 0 Å². The molecule has 2 N–H and O–H groups in total. The van der Waals surface area contributed by atoms with E-state index in [9.17, 15) is 4.39 Å². The van der Waals surface area contributed by atoms with E-state index in [2.05, 4.69) is 4.98 Å². The molecule has 0 aliphatic carbocycles. The third-order valence-electron chi connectivity index (χ3n) is 2.95. The summed E-state index contributed by atoms with van der Waals surface area (Å²) < 4.78 is 19.5. The van der Waals surface area contributed by atoms with Gasteiger partial charge in [-0.05, 0) is 13.0 Å². The fourth-order valence-electron chi connectivity index (χ4n) is 2.13. The molecule has 5 nitrogen and oxygen atoms in total. The first-order valence-electron chi connectivity index (χ1n) is 5.91. The zero-order valence-corrected chi connectivity index (χ0v) is 10.2. The molecular formula is C12H17FN2O3. The second-order valence-corrected chi connectivity index (χ2v) is 4.42. The quantitative estimate of drug-likeness (QED) is 0.814. The summed E-state index contributed by atoms with van der Waals surface area (Å²) in [6.45, 7) is 2.30. The van der Waals surface area contributed by atoms with Gasteiger partial charge < -0.3 is 19.8 Å². The maximum absolute atomic E-state index is 14.0. The molecule has 0 aromatic carbocycles. The number of pyridine rings is 1. The smallest absolute Gasteiger partial charge is 0.171 e. The minimum absolute atomic E-state index is 0.102. The van der Waals surface area contributed by atoms with Crippen LogP contribution < -0.4 is 4.90 Å². The minimum Gasteiger partial charge on any atom is -0.394 e. The van der Waals surface area contributed by atoms with Crippen LogP contribution in [-0.4, -0.2) is 47.1 Å². The van der Waals surface area contributed by atoms with Gasteiger partial charge in [-0.1, -0.05) is 0 Å². The fourth-order valence-corrected chi connectivity index (χ4v) is 2.13. The van der Waals surface area contributed by atoms with Gasteiger partial charge in [-0.2, -0.15) is 0 Å². The van der Waals surface area contributed by atoms with Crippen LogP contribution in [0.15, 0.2) is 12.3 Å². The van der Waals surface area contributed by atoms with Crippen molar-refractivity contribution >= 4 is 5.82 Å². The van der Waals surface area contributed by atoms with E-state index in [1.54, 1.807) is 4.90 Å². The number of halogens is 1. The summed E-state index contributed by atoms with van der Waals surface area (Å²) in [5, 5.41) is 18.2. The Kier molecular flexibility index (Phi) is 4.11. The van der Waals surface area contributed by atoms with Crippen molar-refractivity contribution in [2.75, 3.05) is 24.6 Å². The van der Waals surface area contributed by atoms with Crippen LogP contribution in [0, 0.1) is 5.82 Å². The van der Waals surface area contributed by atoms with Crippen LogP contribution in [0.5, 0.6) is 0 Å². The number of ether oxygens (including phenoxy) is 1. The van der Waals surface area contributed by atoms with Gasteiger partial charge in [0.05, 0.1) is 25.4 Å². The topological polar surface area (TPSA) is 65.8 Å². The van der Waals surface area contributed by atoms with Gasteiger partial charge in [-0.15, -0.1) is 0 Å². The Hall–Kier alpha value is -1.24. The van der Waals surface area contributed by atoms with Crippen LogP contribution in [0.1, 0.15) is 12.5 Å². The van der Waals surface area contributed by atoms with Crippen molar-refractivity contribution in [3.63, 3.8) is 0 Å². The highest BCUT2D eigenvalue weighted by atomic mass is 19.1. The molecule has 100 valence electrons. The number of morpholine rings is 1. The van der Waals surface area contributed by atoms with Gasteiger partial charge in [0.15, 0.2) is 11.6 Å².